The van der Waals surface area contributed by atoms with Crippen LogP contribution in [0.2, 0.25) is 0 Å². The number of nitrogens with zero attached hydrogens (tertiary/aromatic N) is 2. The van der Waals surface area contributed by atoms with Crippen molar-refractivity contribution in [2.24, 2.45) is 0 Å². The first-order chi connectivity index (χ1) is 9.90. The zero-order valence-electron chi connectivity index (χ0n) is 13.4. The fraction of sp³-hybridized carbons (Fsp3) is 0.412. The van der Waals surface area contributed by atoms with Crippen LogP contribution in [0.4, 0.5) is 5.82 Å². The van der Waals surface area contributed by atoms with Gasteiger partial charge < -0.3 is 10.1 Å². The molecule has 0 saturated carbocycles. The molecule has 0 aliphatic rings. The van der Waals surface area contributed by atoms with Gasteiger partial charge in [-0.2, -0.15) is 0 Å². The third-order valence-electron chi connectivity index (χ3n) is 3.26. The molecule has 0 bridgehead atoms. The fourth-order valence-corrected chi connectivity index (χ4v) is 2.02. The van der Waals surface area contributed by atoms with E-state index in [-0.39, 0.29) is 5.41 Å². The van der Waals surface area contributed by atoms with E-state index in [2.05, 4.69) is 55.1 Å². The van der Waals surface area contributed by atoms with E-state index in [1.54, 1.807) is 6.07 Å². The first kappa shape index (κ1) is 15.3. The Hall–Kier alpha value is -2.10. The maximum absolute atomic E-state index is 5.87. The van der Waals surface area contributed by atoms with Gasteiger partial charge in [0.2, 0.25) is 5.88 Å². The molecular formula is C17H23N3O. The predicted octanol–water partition coefficient (Wildman–Crippen LogP) is 4.31. The van der Waals surface area contributed by atoms with Crippen LogP contribution in [0, 0.1) is 6.92 Å². The van der Waals surface area contributed by atoms with Crippen molar-refractivity contribution in [3.63, 3.8) is 0 Å². The Morgan fingerprint density at radius 2 is 1.90 bits per heavy atom. The van der Waals surface area contributed by atoms with Gasteiger partial charge in [0.25, 0.3) is 0 Å². The summed E-state index contributed by atoms with van der Waals surface area (Å²) in [6.45, 7) is 11.5. The lowest BCUT2D eigenvalue weighted by Crippen LogP contribution is -2.11. The average Bonchev–Trinajstić information content (AvgIpc) is 2.41. The number of rotatable bonds is 4. The Morgan fingerprint density at radius 3 is 2.52 bits per heavy atom. The molecule has 0 spiro atoms. The van der Waals surface area contributed by atoms with Gasteiger partial charge in [0.15, 0.2) is 0 Å². The lowest BCUT2D eigenvalue weighted by Gasteiger charge is -2.20. The summed E-state index contributed by atoms with van der Waals surface area (Å²) in [4.78, 5) is 8.29. The number of aromatic nitrogens is 2. The standard InChI is InChI=1S/C17H23N3O/c1-6-18-15-10-16(20-11-19-15)21-14-8-7-13(9-12(14)2)17(3,4)5/h7-11H,6H2,1-5H3,(H,18,19,20). The summed E-state index contributed by atoms with van der Waals surface area (Å²) in [6, 6.07) is 8.09. The highest BCUT2D eigenvalue weighted by Gasteiger charge is 2.15. The van der Waals surface area contributed by atoms with Crippen LogP contribution in [0.5, 0.6) is 11.6 Å². The van der Waals surface area contributed by atoms with E-state index in [1.165, 1.54) is 11.9 Å². The van der Waals surface area contributed by atoms with Gasteiger partial charge in [0.05, 0.1) is 0 Å². The number of benzene rings is 1. The number of hydrogen-bond acceptors (Lipinski definition) is 4. The Bertz CT molecular complexity index is 618. The first-order valence-electron chi connectivity index (χ1n) is 7.25. The van der Waals surface area contributed by atoms with Gasteiger partial charge in [0, 0.05) is 12.6 Å². The van der Waals surface area contributed by atoms with Crippen LogP contribution in [0.1, 0.15) is 38.8 Å². The number of aryl methyl sites for hydroxylation is 1. The van der Waals surface area contributed by atoms with Crippen LogP contribution in [-0.4, -0.2) is 16.5 Å². The summed E-state index contributed by atoms with van der Waals surface area (Å²) < 4.78 is 5.87. The van der Waals surface area contributed by atoms with Crippen molar-refractivity contribution in [2.45, 2.75) is 40.0 Å². The van der Waals surface area contributed by atoms with E-state index in [9.17, 15) is 0 Å². The molecule has 4 heteroatoms. The molecule has 0 fully saturated rings. The summed E-state index contributed by atoms with van der Waals surface area (Å²) in [6.07, 6.45) is 1.51. The van der Waals surface area contributed by atoms with Crippen molar-refractivity contribution in [3.8, 4) is 11.6 Å². The third-order valence-corrected chi connectivity index (χ3v) is 3.26. The van der Waals surface area contributed by atoms with Crippen LogP contribution in [-0.2, 0) is 5.41 Å². The van der Waals surface area contributed by atoms with E-state index in [0.717, 1.165) is 23.7 Å². The second-order valence-electron chi connectivity index (χ2n) is 6.10. The molecule has 2 rings (SSSR count). The summed E-state index contributed by atoms with van der Waals surface area (Å²) in [5, 5.41) is 3.15. The molecule has 0 atom stereocenters. The maximum Gasteiger partial charge on any atom is 0.224 e. The number of hydrogen-bond donors (Lipinski definition) is 1. The molecule has 1 aromatic heterocycles. The SMILES string of the molecule is CCNc1cc(Oc2ccc(C(C)(C)C)cc2C)ncn1. The fourth-order valence-electron chi connectivity index (χ4n) is 2.02. The molecule has 112 valence electrons. The Balaban J connectivity index is 2.22. The molecule has 0 aliphatic heterocycles. The second-order valence-corrected chi connectivity index (χ2v) is 6.10. The summed E-state index contributed by atoms with van der Waals surface area (Å²) in [7, 11) is 0. The van der Waals surface area contributed by atoms with Gasteiger partial charge in [0.1, 0.15) is 17.9 Å². The van der Waals surface area contributed by atoms with Gasteiger partial charge in [-0.1, -0.05) is 32.9 Å². The minimum Gasteiger partial charge on any atom is -0.439 e. The minimum atomic E-state index is 0.135. The molecule has 4 nitrogen and oxygen atoms in total. The topological polar surface area (TPSA) is 47.0 Å². The number of anilines is 1. The van der Waals surface area contributed by atoms with Crippen LogP contribution >= 0.6 is 0 Å². The molecule has 0 radical (unpaired) electrons. The number of ether oxygens (including phenoxy) is 1. The van der Waals surface area contributed by atoms with Crippen molar-refractivity contribution in [3.05, 3.63) is 41.7 Å². The van der Waals surface area contributed by atoms with E-state index in [0.29, 0.717) is 5.88 Å². The molecule has 1 aromatic carbocycles. The Kier molecular flexibility index (Phi) is 4.46. The van der Waals surface area contributed by atoms with Gasteiger partial charge in [-0.15, -0.1) is 0 Å². The lowest BCUT2D eigenvalue weighted by molar-refractivity contribution is 0.457. The van der Waals surface area contributed by atoms with Crippen molar-refractivity contribution in [2.75, 3.05) is 11.9 Å². The molecule has 1 N–H and O–H groups in total. The van der Waals surface area contributed by atoms with E-state index >= 15 is 0 Å². The monoisotopic (exact) mass is 285 g/mol. The van der Waals surface area contributed by atoms with Gasteiger partial charge >= 0.3 is 0 Å². The quantitative estimate of drug-likeness (QED) is 0.909. The number of nitrogens with one attached hydrogen (secondary N) is 1. The molecule has 1 heterocycles. The maximum atomic E-state index is 5.87. The van der Waals surface area contributed by atoms with E-state index in [1.807, 2.05) is 13.0 Å². The van der Waals surface area contributed by atoms with Gasteiger partial charge in [-0.05, 0) is 36.5 Å². The van der Waals surface area contributed by atoms with Crippen LogP contribution in [0.25, 0.3) is 0 Å². The summed E-state index contributed by atoms with van der Waals surface area (Å²) in [5.74, 6) is 2.14. The highest BCUT2D eigenvalue weighted by molar-refractivity contribution is 5.42. The smallest absolute Gasteiger partial charge is 0.224 e. The minimum absolute atomic E-state index is 0.135. The molecule has 0 aliphatic carbocycles. The van der Waals surface area contributed by atoms with Crippen LogP contribution in [0.3, 0.4) is 0 Å². The zero-order chi connectivity index (χ0) is 15.5. The molecular weight excluding hydrogens is 262 g/mol. The zero-order valence-corrected chi connectivity index (χ0v) is 13.4. The van der Waals surface area contributed by atoms with E-state index < -0.39 is 0 Å². The van der Waals surface area contributed by atoms with Crippen LogP contribution in [0.15, 0.2) is 30.6 Å². The highest BCUT2D eigenvalue weighted by atomic mass is 16.5. The Morgan fingerprint density at radius 1 is 1.14 bits per heavy atom. The van der Waals surface area contributed by atoms with Crippen molar-refractivity contribution in [1.29, 1.82) is 0 Å². The molecule has 21 heavy (non-hydrogen) atoms. The largest absolute Gasteiger partial charge is 0.439 e. The average molecular weight is 285 g/mol. The second kappa shape index (κ2) is 6.12. The van der Waals surface area contributed by atoms with E-state index in [4.69, 9.17) is 4.74 Å². The third kappa shape index (κ3) is 3.94. The molecule has 0 saturated heterocycles. The van der Waals surface area contributed by atoms with Gasteiger partial charge in [-0.25, -0.2) is 9.97 Å². The van der Waals surface area contributed by atoms with Crippen molar-refractivity contribution < 1.29 is 4.74 Å². The van der Waals surface area contributed by atoms with Crippen LogP contribution < -0.4 is 10.1 Å². The Labute approximate surface area is 126 Å². The van der Waals surface area contributed by atoms with Crippen molar-refractivity contribution in [1.82, 2.24) is 9.97 Å². The molecule has 2 aromatic rings. The first-order valence-corrected chi connectivity index (χ1v) is 7.25. The molecule has 0 amide bonds. The summed E-state index contributed by atoms with van der Waals surface area (Å²) in [5.41, 5.74) is 2.53. The predicted molar refractivity (Wildman–Crippen MR) is 86.1 cm³/mol. The molecule has 0 unspecified atom stereocenters. The van der Waals surface area contributed by atoms with Crippen molar-refractivity contribution >= 4 is 5.82 Å². The van der Waals surface area contributed by atoms with Gasteiger partial charge in [-0.3, -0.25) is 0 Å². The summed E-state index contributed by atoms with van der Waals surface area (Å²) >= 11 is 0. The lowest BCUT2D eigenvalue weighted by atomic mass is 9.86. The highest BCUT2D eigenvalue weighted by Crippen LogP contribution is 2.30. The normalized spacial score (nSPS) is 11.3.